The van der Waals surface area contributed by atoms with E-state index in [1.54, 1.807) is 0 Å². The zero-order valence-electron chi connectivity index (χ0n) is 18.6. The molecule has 0 aromatic heterocycles. The van der Waals surface area contributed by atoms with Gasteiger partial charge in [-0.1, -0.05) is 44.2 Å². The van der Waals surface area contributed by atoms with Gasteiger partial charge in [-0.15, -0.1) is 0 Å². The highest BCUT2D eigenvalue weighted by atomic mass is 32.2. The van der Waals surface area contributed by atoms with Crippen LogP contribution in [0.15, 0.2) is 30.3 Å². The first-order chi connectivity index (χ1) is 13.5. The molecule has 2 unspecified atom stereocenters. The van der Waals surface area contributed by atoms with Gasteiger partial charge >= 0.3 is 0 Å². The number of Topliss-reactive ketones (excluding diaryl/α,β-unsaturated/α-hetero) is 1. The lowest BCUT2D eigenvalue weighted by Gasteiger charge is -2.37. The van der Waals surface area contributed by atoms with E-state index in [0.717, 1.165) is 6.42 Å². The summed E-state index contributed by atoms with van der Waals surface area (Å²) in [5.41, 5.74) is 0.234. The summed E-state index contributed by atoms with van der Waals surface area (Å²) in [7, 11) is -4.33. The summed E-state index contributed by atoms with van der Waals surface area (Å²) >= 11 is 0. The predicted octanol–water partition coefficient (Wildman–Crippen LogP) is 3.99. The number of rotatable bonds is 7. The second kappa shape index (κ2) is 8.86. The number of quaternary nitrogens is 1. The van der Waals surface area contributed by atoms with Crippen LogP contribution in [0.2, 0.25) is 0 Å². The molecule has 1 aromatic carbocycles. The van der Waals surface area contributed by atoms with E-state index >= 15 is 0 Å². The molecule has 2 aliphatic carbocycles. The number of hydrogen-bond acceptors (Lipinski definition) is 4. The van der Waals surface area contributed by atoms with Gasteiger partial charge in [-0.25, -0.2) is 8.42 Å². The fourth-order valence-electron chi connectivity index (χ4n) is 5.39. The fourth-order valence-corrected chi connectivity index (χ4v) is 6.67. The van der Waals surface area contributed by atoms with Crippen molar-refractivity contribution in [3.8, 4) is 0 Å². The average molecular weight is 424 g/mol. The van der Waals surface area contributed by atoms with Crippen molar-refractivity contribution in [1.29, 1.82) is 0 Å². The highest BCUT2D eigenvalue weighted by Gasteiger charge is 2.64. The summed E-state index contributed by atoms with van der Waals surface area (Å²) in [6.45, 7) is 15.5. The third-order valence-corrected chi connectivity index (χ3v) is 8.78. The Morgan fingerprint density at radius 1 is 1.07 bits per heavy atom. The van der Waals surface area contributed by atoms with Gasteiger partial charge < -0.3 is 9.04 Å². The molecule has 0 N–H and O–H groups in total. The van der Waals surface area contributed by atoms with Crippen LogP contribution in [0, 0.1) is 16.7 Å². The maximum Gasteiger partial charge on any atom is 0.140 e. The van der Waals surface area contributed by atoms with E-state index in [9.17, 15) is 17.8 Å². The van der Waals surface area contributed by atoms with Gasteiger partial charge in [-0.2, -0.15) is 0 Å². The van der Waals surface area contributed by atoms with Crippen LogP contribution in [0.25, 0.3) is 0 Å². The van der Waals surface area contributed by atoms with E-state index in [-0.39, 0.29) is 17.1 Å². The summed E-state index contributed by atoms with van der Waals surface area (Å²) < 4.78 is 33.9. The van der Waals surface area contributed by atoms with Crippen LogP contribution in [0.5, 0.6) is 0 Å². The molecular weight excluding hydrogens is 386 g/mol. The first kappa shape index (κ1) is 24.0. The largest absolute Gasteiger partial charge is 0.748 e. The van der Waals surface area contributed by atoms with Gasteiger partial charge in [0.2, 0.25) is 0 Å². The van der Waals surface area contributed by atoms with Crippen molar-refractivity contribution in [2.45, 2.75) is 60.4 Å². The summed E-state index contributed by atoms with van der Waals surface area (Å²) in [6, 6.07) is 10.8. The molecule has 0 amide bonds. The number of fused-ring (bicyclic) bond motifs is 2. The van der Waals surface area contributed by atoms with Crippen molar-refractivity contribution < 1.29 is 22.2 Å². The standard InChI is InChI=1S/C13H22N.C10H16O4S/c1-4-14(5-2,6-3)12-13-10-8-7-9-11-13;1-9(2)7-3-4-10(9,8(11)5-7)6-15(12,13)14/h7-11H,4-6,12H2,1-3H3;7H,3-6H2,1-2H3,(H,12,13,14)/q+1;/p-1. The molecule has 0 heterocycles. The molecule has 2 saturated carbocycles. The molecule has 2 aliphatic rings. The van der Waals surface area contributed by atoms with Crippen molar-refractivity contribution in [3.63, 3.8) is 0 Å². The Bertz CT molecular complexity index is 791. The molecule has 2 atom stereocenters. The molecule has 0 aliphatic heterocycles. The number of nitrogens with zero attached hydrogens (tertiary/aromatic N) is 1. The Morgan fingerprint density at radius 2 is 1.62 bits per heavy atom. The minimum absolute atomic E-state index is 0.0248. The quantitative estimate of drug-likeness (QED) is 0.491. The highest BCUT2D eigenvalue weighted by molar-refractivity contribution is 7.85. The van der Waals surface area contributed by atoms with Crippen LogP contribution < -0.4 is 0 Å². The number of hydrogen-bond donors (Lipinski definition) is 0. The van der Waals surface area contributed by atoms with Crippen molar-refractivity contribution in [2.24, 2.45) is 16.7 Å². The predicted molar refractivity (Wildman–Crippen MR) is 115 cm³/mol. The Morgan fingerprint density at radius 3 is 2.00 bits per heavy atom. The number of benzene rings is 1. The van der Waals surface area contributed by atoms with Gasteiger partial charge in [0.05, 0.1) is 35.5 Å². The second-order valence-electron chi connectivity index (χ2n) is 9.30. The molecule has 2 bridgehead atoms. The van der Waals surface area contributed by atoms with E-state index in [4.69, 9.17) is 0 Å². The lowest BCUT2D eigenvalue weighted by molar-refractivity contribution is -0.936. The van der Waals surface area contributed by atoms with Gasteiger partial charge in [-0.3, -0.25) is 4.79 Å². The summed E-state index contributed by atoms with van der Waals surface area (Å²) in [6.07, 6.45) is 1.88. The van der Waals surface area contributed by atoms with Crippen molar-refractivity contribution in [1.82, 2.24) is 0 Å². The fraction of sp³-hybridized carbons (Fsp3) is 0.696. The third kappa shape index (κ3) is 4.92. The zero-order chi connectivity index (χ0) is 21.9. The molecular formula is C23H37NO4S. The first-order valence-corrected chi connectivity index (χ1v) is 12.4. The average Bonchev–Trinajstić information content (AvgIpc) is 3.00. The number of ketones is 1. The molecule has 29 heavy (non-hydrogen) atoms. The smallest absolute Gasteiger partial charge is 0.140 e. The summed E-state index contributed by atoms with van der Waals surface area (Å²) in [5.74, 6) is -0.280. The Labute approximate surface area is 176 Å². The summed E-state index contributed by atoms with van der Waals surface area (Å²) in [5, 5.41) is 0. The topological polar surface area (TPSA) is 74.3 Å². The van der Waals surface area contributed by atoms with E-state index in [1.807, 2.05) is 13.8 Å². The Balaban J connectivity index is 0.000000208. The Kier molecular flexibility index (Phi) is 7.35. The second-order valence-corrected chi connectivity index (χ2v) is 10.7. The maximum atomic E-state index is 11.8. The van der Waals surface area contributed by atoms with Crippen molar-refractivity contribution in [3.05, 3.63) is 35.9 Å². The van der Waals surface area contributed by atoms with E-state index in [1.165, 1.54) is 36.2 Å². The minimum Gasteiger partial charge on any atom is -0.748 e. The van der Waals surface area contributed by atoms with E-state index < -0.39 is 21.3 Å². The molecule has 0 saturated heterocycles. The van der Waals surface area contributed by atoms with Crippen LogP contribution in [0.4, 0.5) is 0 Å². The van der Waals surface area contributed by atoms with Gasteiger partial charge in [0.1, 0.15) is 12.3 Å². The van der Waals surface area contributed by atoms with Gasteiger partial charge in [-0.05, 0) is 44.9 Å². The highest BCUT2D eigenvalue weighted by Crippen LogP contribution is 2.64. The van der Waals surface area contributed by atoms with Crippen LogP contribution in [0.1, 0.15) is 59.4 Å². The van der Waals surface area contributed by atoms with Crippen LogP contribution >= 0.6 is 0 Å². The van der Waals surface area contributed by atoms with Crippen LogP contribution in [0.3, 0.4) is 0 Å². The lowest BCUT2D eigenvalue weighted by Crippen LogP contribution is -2.46. The molecule has 2 fully saturated rings. The van der Waals surface area contributed by atoms with Crippen molar-refractivity contribution in [2.75, 3.05) is 25.4 Å². The Hall–Kier alpha value is -1.24. The normalized spacial score (nSPS) is 25.6. The molecule has 6 heteroatoms. The lowest BCUT2D eigenvalue weighted by atomic mass is 9.70. The molecule has 5 nitrogen and oxygen atoms in total. The zero-order valence-corrected chi connectivity index (χ0v) is 19.4. The monoisotopic (exact) mass is 423 g/mol. The molecule has 1 aromatic rings. The number of carbonyl (C=O) groups excluding carboxylic acids is 1. The first-order valence-electron chi connectivity index (χ1n) is 10.8. The molecule has 0 radical (unpaired) electrons. The van der Waals surface area contributed by atoms with Gasteiger partial charge in [0, 0.05) is 17.4 Å². The molecule has 0 spiro atoms. The van der Waals surface area contributed by atoms with Crippen LogP contribution in [-0.2, 0) is 21.5 Å². The van der Waals surface area contributed by atoms with E-state index in [2.05, 4.69) is 51.1 Å². The van der Waals surface area contributed by atoms with Crippen LogP contribution in [-0.4, -0.2) is 48.6 Å². The number of carbonyl (C=O) groups is 1. The minimum atomic E-state index is -4.33. The molecule has 164 valence electrons. The molecule has 3 rings (SSSR count). The summed E-state index contributed by atoms with van der Waals surface area (Å²) in [4.78, 5) is 11.8. The SMILES string of the molecule is CC1(C)C2CCC1(CS(=O)(=O)[O-])C(=O)C2.CC[N+](CC)(CC)Cc1ccccc1. The van der Waals surface area contributed by atoms with Gasteiger partial charge in [0.15, 0.2) is 0 Å². The maximum absolute atomic E-state index is 11.8. The van der Waals surface area contributed by atoms with Crippen molar-refractivity contribution >= 4 is 15.9 Å². The van der Waals surface area contributed by atoms with Gasteiger partial charge in [0.25, 0.3) is 0 Å². The van der Waals surface area contributed by atoms with E-state index in [0.29, 0.717) is 12.8 Å². The third-order valence-electron chi connectivity index (χ3n) is 7.94.